The highest BCUT2D eigenvalue weighted by molar-refractivity contribution is 8.00. The molecule has 0 radical (unpaired) electrons. The van der Waals surface area contributed by atoms with E-state index in [1.54, 1.807) is 6.07 Å². The fourth-order valence-electron chi connectivity index (χ4n) is 1.96. The van der Waals surface area contributed by atoms with Crippen LogP contribution in [-0.4, -0.2) is 35.5 Å². The summed E-state index contributed by atoms with van der Waals surface area (Å²) in [5.74, 6) is 0.740. The highest BCUT2D eigenvalue weighted by Crippen LogP contribution is 2.46. The molecule has 0 spiro atoms. The zero-order valence-electron chi connectivity index (χ0n) is 11.7. The van der Waals surface area contributed by atoms with Crippen LogP contribution >= 0.6 is 11.8 Å². The van der Waals surface area contributed by atoms with E-state index < -0.39 is 0 Å². The number of thioether (sulfide) groups is 1. The average Bonchev–Trinajstić information content (AvgIpc) is 3.24. The third-order valence-corrected chi connectivity index (χ3v) is 4.99. The molecule has 1 aliphatic rings. The minimum atomic E-state index is -0.00562. The third-order valence-electron chi connectivity index (χ3n) is 3.57. The van der Waals surface area contributed by atoms with E-state index in [2.05, 4.69) is 21.9 Å². The van der Waals surface area contributed by atoms with E-state index in [1.807, 2.05) is 31.8 Å². The lowest BCUT2D eigenvalue weighted by atomic mass is 10.1. The smallest absolute Gasteiger partial charge is 0.251 e. The summed E-state index contributed by atoms with van der Waals surface area (Å²) in [6.07, 6.45) is 5.34. The van der Waals surface area contributed by atoms with Crippen molar-refractivity contribution in [2.24, 2.45) is 0 Å². The highest BCUT2D eigenvalue weighted by atomic mass is 32.2. The Labute approximate surface area is 118 Å². The van der Waals surface area contributed by atoms with Gasteiger partial charge in [0.05, 0.1) is 0 Å². The molecule has 19 heavy (non-hydrogen) atoms. The van der Waals surface area contributed by atoms with Gasteiger partial charge in [0.25, 0.3) is 5.91 Å². The molecule has 0 aromatic carbocycles. The van der Waals surface area contributed by atoms with Crippen LogP contribution in [0.25, 0.3) is 0 Å². The van der Waals surface area contributed by atoms with Gasteiger partial charge in [-0.15, -0.1) is 0 Å². The van der Waals surface area contributed by atoms with Crippen LogP contribution < -0.4 is 10.6 Å². The molecule has 1 aliphatic carbocycles. The predicted octanol–water partition coefficient (Wildman–Crippen LogP) is 2.31. The number of anilines is 1. The summed E-state index contributed by atoms with van der Waals surface area (Å²) in [4.78, 5) is 16.6. The van der Waals surface area contributed by atoms with Gasteiger partial charge in [0.15, 0.2) is 0 Å². The largest absolute Gasteiger partial charge is 0.373 e. The molecule has 104 valence electrons. The summed E-state index contributed by atoms with van der Waals surface area (Å²) in [6.45, 7) is 2.79. The average molecular weight is 279 g/mol. The zero-order chi connectivity index (χ0) is 13.9. The fraction of sp³-hybridized carbons (Fsp3) is 0.571. The molecular weight excluding hydrogens is 258 g/mol. The monoisotopic (exact) mass is 279 g/mol. The number of aromatic nitrogens is 1. The van der Waals surface area contributed by atoms with E-state index >= 15 is 0 Å². The third kappa shape index (κ3) is 3.41. The number of amides is 1. The van der Waals surface area contributed by atoms with E-state index in [0.717, 1.165) is 24.5 Å². The first-order chi connectivity index (χ1) is 9.12. The van der Waals surface area contributed by atoms with Crippen molar-refractivity contribution in [2.75, 3.05) is 25.2 Å². The summed E-state index contributed by atoms with van der Waals surface area (Å²) in [5.41, 5.74) is 1.62. The second-order valence-corrected chi connectivity index (χ2v) is 6.18. The molecule has 0 atom stereocenters. The Morgan fingerprint density at radius 3 is 2.74 bits per heavy atom. The van der Waals surface area contributed by atoms with Crippen LogP contribution in [0.3, 0.4) is 0 Å². The molecule has 2 rings (SSSR count). The van der Waals surface area contributed by atoms with Crippen molar-refractivity contribution in [1.82, 2.24) is 10.3 Å². The van der Waals surface area contributed by atoms with Crippen LogP contribution in [-0.2, 0) is 6.42 Å². The second-order valence-electron chi connectivity index (χ2n) is 4.91. The van der Waals surface area contributed by atoms with Gasteiger partial charge in [-0.2, -0.15) is 11.8 Å². The molecule has 1 saturated carbocycles. The van der Waals surface area contributed by atoms with Crippen molar-refractivity contribution < 1.29 is 4.79 Å². The number of carbonyl (C=O) groups excluding carboxylic acids is 1. The number of rotatable bonds is 6. The molecule has 1 heterocycles. The molecule has 0 saturated heterocycles. The molecule has 0 bridgehead atoms. The van der Waals surface area contributed by atoms with Gasteiger partial charge in [-0.05, 0) is 37.7 Å². The fourth-order valence-corrected chi connectivity index (χ4v) is 2.69. The van der Waals surface area contributed by atoms with Crippen molar-refractivity contribution >= 4 is 23.5 Å². The van der Waals surface area contributed by atoms with Crippen molar-refractivity contribution in [3.05, 3.63) is 23.4 Å². The van der Waals surface area contributed by atoms with Gasteiger partial charge in [0.1, 0.15) is 5.82 Å². The van der Waals surface area contributed by atoms with Crippen molar-refractivity contribution in [3.63, 3.8) is 0 Å². The maximum absolute atomic E-state index is 12.2. The van der Waals surface area contributed by atoms with E-state index in [0.29, 0.717) is 10.3 Å². The molecule has 4 nitrogen and oxygen atoms in total. The van der Waals surface area contributed by atoms with Crippen molar-refractivity contribution in [3.8, 4) is 0 Å². The topological polar surface area (TPSA) is 54.0 Å². The number of carbonyl (C=O) groups is 1. The first-order valence-corrected chi connectivity index (χ1v) is 7.87. The van der Waals surface area contributed by atoms with Crippen molar-refractivity contribution in [2.45, 2.75) is 30.9 Å². The number of pyridine rings is 1. The molecule has 1 fully saturated rings. The van der Waals surface area contributed by atoms with E-state index in [1.165, 1.54) is 12.8 Å². The molecule has 1 aromatic rings. The summed E-state index contributed by atoms with van der Waals surface area (Å²) >= 11 is 1.85. The van der Waals surface area contributed by atoms with E-state index in [9.17, 15) is 4.79 Å². The van der Waals surface area contributed by atoms with Gasteiger partial charge in [0.2, 0.25) is 0 Å². The molecule has 1 amide bonds. The van der Waals surface area contributed by atoms with Gasteiger partial charge < -0.3 is 10.6 Å². The normalized spacial score (nSPS) is 15.9. The summed E-state index contributed by atoms with van der Waals surface area (Å²) < 4.78 is 0.294. The van der Waals surface area contributed by atoms with Gasteiger partial charge in [-0.3, -0.25) is 4.79 Å². The molecule has 0 aliphatic heterocycles. The first kappa shape index (κ1) is 14.2. The number of hydrogen-bond acceptors (Lipinski definition) is 4. The molecule has 1 aromatic heterocycles. The van der Waals surface area contributed by atoms with Crippen LogP contribution in [0.2, 0.25) is 0 Å². The van der Waals surface area contributed by atoms with Crippen LogP contribution in [0.15, 0.2) is 12.1 Å². The van der Waals surface area contributed by atoms with Gasteiger partial charge >= 0.3 is 0 Å². The van der Waals surface area contributed by atoms with Crippen LogP contribution in [0.4, 0.5) is 5.82 Å². The lowest BCUT2D eigenvalue weighted by molar-refractivity contribution is 0.0953. The summed E-state index contributed by atoms with van der Waals surface area (Å²) in [7, 11) is 1.82. The maximum Gasteiger partial charge on any atom is 0.251 e. The van der Waals surface area contributed by atoms with E-state index in [-0.39, 0.29) is 5.91 Å². The lowest BCUT2D eigenvalue weighted by Crippen LogP contribution is -2.31. The number of hydrogen-bond donors (Lipinski definition) is 2. The Kier molecular flexibility index (Phi) is 4.34. The summed E-state index contributed by atoms with van der Waals surface area (Å²) in [5, 5.41) is 6.04. The highest BCUT2D eigenvalue weighted by Gasteiger charge is 2.41. The summed E-state index contributed by atoms with van der Waals surface area (Å²) in [6, 6.07) is 3.67. The minimum Gasteiger partial charge on any atom is -0.373 e. The molecule has 5 heteroatoms. The standard InChI is InChI=1S/C14H21N3OS/c1-4-11-7-10(8-12(15-2)17-11)13(18)16-9-14(19-3)5-6-14/h7-8H,4-6,9H2,1-3H3,(H,15,17)(H,16,18). The number of aryl methyl sites for hydroxylation is 1. The predicted molar refractivity (Wildman–Crippen MR) is 81.0 cm³/mol. The number of nitrogens with one attached hydrogen (secondary N) is 2. The molecule has 2 N–H and O–H groups in total. The van der Waals surface area contributed by atoms with Crippen LogP contribution in [0.1, 0.15) is 35.8 Å². The Bertz CT molecular complexity index is 450. The lowest BCUT2D eigenvalue weighted by Gasteiger charge is -2.13. The first-order valence-electron chi connectivity index (χ1n) is 6.64. The van der Waals surface area contributed by atoms with E-state index in [4.69, 9.17) is 0 Å². The Morgan fingerprint density at radius 2 is 2.21 bits per heavy atom. The second kappa shape index (κ2) is 5.82. The maximum atomic E-state index is 12.2. The Balaban J connectivity index is 2.05. The van der Waals surface area contributed by atoms with Gasteiger partial charge in [-0.25, -0.2) is 4.98 Å². The van der Waals surface area contributed by atoms with Gasteiger partial charge in [0, 0.05) is 29.6 Å². The molecule has 0 unspecified atom stereocenters. The minimum absolute atomic E-state index is 0.00562. The van der Waals surface area contributed by atoms with Crippen molar-refractivity contribution in [1.29, 1.82) is 0 Å². The van der Waals surface area contributed by atoms with Gasteiger partial charge in [-0.1, -0.05) is 6.92 Å². The zero-order valence-corrected chi connectivity index (χ0v) is 12.6. The molecular formula is C14H21N3OS. The Morgan fingerprint density at radius 1 is 1.47 bits per heavy atom. The Hall–Kier alpha value is -1.23. The quantitative estimate of drug-likeness (QED) is 0.839. The SMILES string of the molecule is CCc1cc(C(=O)NCC2(SC)CC2)cc(NC)n1. The van der Waals surface area contributed by atoms with Crippen LogP contribution in [0, 0.1) is 0 Å². The van der Waals surface area contributed by atoms with Crippen LogP contribution in [0.5, 0.6) is 0 Å². The number of nitrogens with zero attached hydrogens (tertiary/aromatic N) is 1.